The third-order valence-corrected chi connectivity index (χ3v) is 6.34. The Morgan fingerprint density at radius 1 is 1.17 bits per heavy atom. The van der Waals surface area contributed by atoms with Crippen LogP contribution in [0, 0.1) is 5.82 Å². The second-order valence-electron chi connectivity index (χ2n) is 6.39. The number of nitrogens with zero attached hydrogens (tertiary/aromatic N) is 1. The van der Waals surface area contributed by atoms with Crippen LogP contribution in [0.2, 0.25) is 0 Å². The van der Waals surface area contributed by atoms with E-state index in [1.807, 2.05) is 0 Å². The topological polar surface area (TPSA) is 88.2 Å². The molecule has 152 valence electrons. The van der Waals surface area contributed by atoms with E-state index in [0.717, 1.165) is 10.4 Å². The molecule has 0 aliphatic heterocycles. The second-order valence-corrected chi connectivity index (χ2v) is 9.35. The van der Waals surface area contributed by atoms with Crippen molar-refractivity contribution in [2.75, 3.05) is 15.8 Å². The molecule has 0 spiro atoms. The maximum Gasteiger partial charge on any atom is 0.257 e. The Kier molecular flexibility index (Phi) is 6.60. The molecule has 29 heavy (non-hydrogen) atoms. The molecule has 2 aromatic carbocycles. The molecule has 3 aromatic rings. The Hall–Kier alpha value is -2.78. The van der Waals surface area contributed by atoms with E-state index >= 15 is 0 Å². The summed E-state index contributed by atoms with van der Waals surface area (Å²) in [4.78, 5) is 17.6. The molecule has 1 amide bonds. The van der Waals surface area contributed by atoms with E-state index in [1.54, 1.807) is 43.5 Å². The van der Waals surface area contributed by atoms with Gasteiger partial charge in [0.05, 0.1) is 5.75 Å². The molecule has 0 unspecified atom stereocenters. The Morgan fingerprint density at radius 3 is 2.66 bits per heavy atom. The number of carbonyl (C=O) groups excluding carboxylic acids is 1. The first-order valence-electron chi connectivity index (χ1n) is 8.95. The summed E-state index contributed by atoms with van der Waals surface area (Å²) in [5, 5.41) is 3.15. The first kappa shape index (κ1) is 20.9. The molecule has 1 heterocycles. The highest BCUT2D eigenvalue weighted by atomic mass is 32.2. The average molecular weight is 434 g/mol. The van der Waals surface area contributed by atoms with Crippen molar-refractivity contribution < 1.29 is 17.6 Å². The second kappa shape index (κ2) is 9.15. The zero-order valence-corrected chi connectivity index (χ0v) is 17.3. The van der Waals surface area contributed by atoms with Gasteiger partial charge in [0, 0.05) is 28.7 Å². The van der Waals surface area contributed by atoms with Crippen molar-refractivity contribution >= 4 is 38.1 Å². The lowest BCUT2D eigenvalue weighted by molar-refractivity contribution is 0.102. The molecule has 2 N–H and O–H groups in total. The molecule has 3 rings (SSSR count). The van der Waals surface area contributed by atoms with Gasteiger partial charge in [0.25, 0.3) is 5.91 Å². The van der Waals surface area contributed by atoms with Crippen LogP contribution in [0.5, 0.6) is 0 Å². The van der Waals surface area contributed by atoms with E-state index in [-0.39, 0.29) is 17.5 Å². The highest BCUT2D eigenvalue weighted by molar-refractivity contribution is 7.92. The first-order chi connectivity index (χ1) is 13.8. The number of hydrogen-bond acceptors (Lipinski definition) is 5. The predicted octanol–water partition coefficient (Wildman–Crippen LogP) is 4.28. The maximum atomic E-state index is 13.0. The van der Waals surface area contributed by atoms with Gasteiger partial charge in [-0.3, -0.25) is 14.8 Å². The molecular weight excluding hydrogens is 413 g/mol. The van der Waals surface area contributed by atoms with Gasteiger partial charge in [-0.2, -0.15) is 0 Å². The standard InChI is InChI=1S/C20H20FN3O3S2/c1-2-10-29(26,27)24-17-5-3-4-15(12-17)19(25)23-20-22-13-18(28-20)11-14-6-8-16(21)9-7-14/h3-9,12-13,24H,2,10-11H2,1H3,(H,22,23,25). The van der Waals surface area contributed by atoms with Gasteiger partial charge in [-0.15, -0.1) is 11.3 Å². The van der Waals surface area contributed by atoms with Crippen LogP contribution in [0.1, 0.15) is 34.1 Å². The zero-order valence-electron chi connectivity index (χ0n) is 15.7. The summed E-state index contributed by atoms with van der Waals surface area (Å²) < 4.78 is 39.3. The van der Waals surface area contributed by atoms with Gasteiger partial charge in [-0.05, 0) is 42.3 Å². The summed E-state index contributed by atoms with van der Waals surface area (Å²) >= 11 is 1.33. The van der Waals surface area contributed by atoms with Crippen LogP contribution in [-0.4, -0.2) is 25.1 Å². The highest BCUT2D eigenvalue weighted by Gasteiger charge is 2.13. The molecule has 0 saturated heterocycles. The third kappa shape index (κ3) is 6.10. The molecule has 1 aromatic heterocycles. The Bertz CT molecular complexity index is 1100. The van der Waals surface area contributed by atoms with E-state index in [9.17, 15) is 17.6 Å². The Labute approximate surface area is 172 Å². The number of sulfonamides is 1. The van der Waals surface area contributed by atoms with E-state index in [4.69, 9.17) is 0 Å². The lowest BCUT2D eigenvalue weighted by Gasteiger charge is -2.08. The molecule has 0 atom stereocenters. The SMILES string of the molecule is CCCS(=O)(=O)Nc1cccc(C(=O)Nc2ncc(Cc3ccc(F)cc3)s2)c1. The minimum Gasteiger partial charge on any atom is -0.298 e. The summed E-state index contributed by atoms with van der Waals surface area (Å²) in [5.74, 6) is -0.659. The van der Waals surface area contributed by atoms with E-state index in [2.05, 4.69) is 15.0 Å². The quantitative estimate of drug-likeness (QED) is 0.555. The van der Waals surface area contributed by atoms with E-state index in [1.165, 1.54) is 29.5 Å². The van der Waals surface area contributed by atoms with Crippen LogP contribution in [0.4, 0.5) is 15.2 Å². The maximum absolute atomic E-state index is 13.0. The number of carbonyl (C=O) groups is 1. The number of amides is 1. The fraction of sp³-hybridized carbons (Fsp3) is 0.200. The minimum atomic E-state index is -3.43. The molecule has 0 aliphatic rings. The minimum absolute atomic E-state index is 0.0133. The van der Waals surface area contributed by atoms with E-state index < -0.39 is 10.0 Å². The summed E-state index contributed by atoms with van der Waals surface area (Å²) in [6.45, 7) is 1.78. The summed E-state index contributed by atoms with van der Waals surface area (Å²) in [6.07, 6.45) is 2.75. The molecular formula is C20H20FN3O3S2. The molecule has 0 fully saturated rings. The number of nitrogens with one attached hydrogen (secondary N) is 2. The monoisotopic (exact) mass is 433 g/mol. The van der Waals surface area contributed by atoms with Gasteiger partial charge in [0.15, 0.2) is 5.13 Å². The lowest BCUT2D eigenvalue weighted by atomic mass is 10.1. The number of rotatable bonds is 8. The molecule has 0 aliphatic carbocycles. The van der Waals surface area contributed by atoms with Crippen molar-refractivity contribution in [2.45, 2.75) is 19.8 Å². The van der Waals surface area contributed by atoms with Crippen molar-refractivity contribution in [2.24, 2.45) is 0 Å². The van der Waals surface area contributed by atoms with Crippen molar-refractivity contribution in [1.82, 2.24) is 4.98 Å². The van der Waals surface area contributed by atoms with Crippen molar-refractivity contribution in [3.8, 4) is 0 Å². The summed E-state index contributed by atoms with van der Waals surface area (Å²) in [6, 6.07) is 12.5. The van der Waals surface area contributed by atoms with Crippen LogP contribution < -0.4 is 10.0 Å². The number of thiazole rings is 1. The Morgan fingerprint density at radius 2 is 1.93 bits per heavy atom. The highest BCUT2D eigenvalue weighted by Crippen LogP contribution is 2.22. The van der Waals surface area contributed by atoms with Crippen LogP contribution in [-0.2, 0) is 16.4 Å². The van der Waals surface area contributed by atoms with Crippen molar-refractivity contribution in [1.29, 1.82) is 0 Å². The zero-order chi connectivity index (χ0) is 20.9. The van der Waals surface area contributed by atoms with E-state index in [0.29, 0.717) is 29.2 Å². The first-order valence-corrected chi connectivity index (χ1v) is 11.4. The molecule has 6 nitrogen and oxygen atoms in total. The summed E-state index contributed by atoms with van der Waals surface area (Å²) in [7, 11) is -3.43. The average Bonchev–Trinajstić information content (AvgIpc) is 3.10. The predicted molar refractivity (Wildman–Crippen MR) is 113 cm³/mol. The van der Waals surface area contributed by atoms with Crippen LogP contribution in [0.15, 0.2) is 54.7 Å². The number of halogens is 1. The van der Waals surface area contributed by atoms with Gasteiger partial charge in [-0.25, -0.2) is 17.8 Å². The number of aromatic nitrogens is 1. The third-order valence-electron chi connectivity index (χ3n) is 3.94. The van der Waals surface area contributed by atoms with Crippen LogP contribution in [0.25, 0.3) is 0 Å². The van der Waals surface area contributed by atoms with Crippen LogP contribution in [0.3, 0.4) is 0 Å². The molecule has 0 radical (unpaired) electrons. The van der Waals surface area contributed by atoms with Gasteiger partial charge in [0.1, 0.15) is 5.82 Å². The number of benzene rings is 2. The number of anilines is 2. The molecule has 9 heteroatoms. The van der Waals surface area contributed by atoms with Crippen LogP contribution >= 0.6 is 11.3 Å². The Balaban J connectivity index is 1.65. The van der Waals surface area contributed by atoms with Crippen molar-refractivity contribution in [3.63, 3.8) is 0 Å². The van der Waals surface area contributed by atoms with Gasteiger partial charge in [0.2, 0.25) is 10.0 Å². The lowest BCUT2D eigenvalue weighted by Crippen LogP contribution is -2.17. The molecule has 0 saturated carbocycles. The smallest absolute Gasteiger partial charge is 0.257 e. The van der Waals surface area contributed by atoms with Gasteiger partial charge >= 0.3 is 0 Å². The number of hydrogen-bond donors (Lipinski definition) is 2. The normalized spacial score (nSPS) is 11.2. The fourth-order valence-corrected chi connectivity index (χ4v) is 4.61. The van der Waals surface area contributed by atoms with Crippen molar-refractivity contribution in [3.05, 3.63) is 76.5 Å². The van der Waals surface area contributed by atoms with Gasteiger partial charge < -0.3 is 0 Å². The van der Waals surface area contributed by atoms with Gasteiger partial charge in [-0.1, -0.05) is 25.1 Å². The largest absolute Gasteiger partial charge is 0.298 e. The fourth-order valence-electron chi connectivity index (χ4n) is 2.64. The summed E-state index contributed by atoms with van der Waals surface area (Å²) in [5.41, 5.74) is 1.60. The molecule has 0 bridgehead atoms.